The van der Waals surface area contributed by atoms with Gasteiger partial charge >= 0.3 is 5.97 Å². The van der Waals surface area contributed by atoms with E-state index in [4.69, 9.17) is 4.74 Å². The van der Waals surface area contributed by atoms with Crippen LogP contribution in [0.2, 0.25) is 0 Å². The highest BCUT2D eigenvalue weighted by molar-refractivity contribution is 5.71. The first-order valence-corrected chi connectivity index (χ1v) is 14.3. The number of hydrogen-bond acceptors (Lipinski definition) is 5. The molecule has 0 saturated carbocycles. The molecule has 0 amide bonds. The Balaban J connectivity index is 1.46. The summed E-state index contributed by atoms with van der Waals surface area (Å²) in [5.41, 5.74) is 4.31. The molecule has 0 aromatic heterocycles. The molecule has 2 aliphatic heterocycles. The number of benzene rings is 3. The highest BCUT2D eigenvalue weighted by Crippen LogP contribution is 2.44. The average Bonchev–Trinajstić information content (AvgIpc) is 2.98. The van der Waals surface area contributed by atoms with Gasteiger partial charge in [0.2, 0.25) is 0 Å². The van der Waals surface area contributed by atoms with E-state index in [1.54, 1.807) is 0 Å². The number of ether oxygens (including phenoxy) is 1. The summed E-state index contributed by atoms with van der Waals surface area (Å²) in [5.74, 6) is 0.249. The topological polar surface area (TPSA) is 53.0 Å². The minimum atomic E-state index is -0.480. The van der Waals surface area contributed by atoms with E-state index in [0.29, 0.717) is 32.0 Å². The van der Waals surface area contributed by atoms with Crippen molar-refractivity contribution in [1.29, 1.82) is 0 Å². The van der Waals surface area contributed by atoms with Gasteiger partial charge in [-0.1, -0.05) is 97.1 Å². The first-order chi connectivity index (χ1) is 19.1. The number of aliphatic hydroxyl groups is 1. The predicted molar refractivity (Wildman–Crippen MR) is 155 cm³/mol. The van der Waals surface area contributed by atoms with Crippen LogP contribution < -0.4 is 0 Å². The Morgan fingerprint density at radius 2 is 1.36 bits per heavy atom. The smallest absolute Gasteiger partial charge is 0.320 e. The van der Waals surface area contributed by atoms with Crippen LogP contribution in [0.4, 0.5) is 0 Å². The van der Waals surface area contributed by atoms with Gasteiger partial charge in [0, 0.05) is 13.1 Å². The van der Waals surface area contributed by atoms with Crippen molar-refractivity contribution in [1.82, 2.24) is 9.80 Å². The van der Waals surface area contributed by atoms with Crippen LogP contribution >= 0.6 is 0 Å². The van der Waals surface area contributed by atoms with Crippen molar-refractivity contribution in [2.45, 2.75) is 37.8 Å². The molecule has 2 aliphatic rings. The number of esters is 1. The van der Waals surface area contributed by atoms with Crippen molar-refractivity contribution in [3.05, 3.63) is 119 Å². The highest BCUT2D eigenvalue weighted by atomic mass is 16.5. The molecule has 204 valence electrons. The van der Waals surface area contributed by atoms with Crippen molar-refractivity contribution < 1.29 is 14.6 Å². The monoisotopic (exact) mass is 524 g/mol. The summed E-state index contributed by atoms with van der Waals surface area (Å²) in [4.78, 5) is 16.7. The van der Waals surface area contributed by atoms with Gasteiger partial charge in [-0.2, -0.15) is 0 Å². The number of carbonyl (C=O) groups excluding carboxylic acids is 1. The Kier molecular flexibility index (Phi) is 8.92. The van der Waals surface area contributed by atoms with Crippen LogP contribution in [-0.2, 0) is 15.1 Å². The standard InChI is InChI=1S/C34H40N2O3/c1-2-39-33(38)26-35-21-18-27(19-22-35)24-28-25-36(23-20-32(28)37)34(29-12-6-3-7-13-29,30-14-8-4-9-15-30)31-16-10-5-11-17-31/h3-17,24,27,32,37H,2,18-23,25-26H2,1H3/b28-24+. The Bertz CT molecular complexity index is 1120. The van der Waals surface area contributed by atoms with E-state index in [2.05, 4.69) is 107 Å². The van der Waals surface area contributed by atoms with E-state index in [1.165, 1.54) is 16.7 Å². The normalized spacial score (nSPS) is 20.7. The van der Waals surface area contributed by atoms with Gasteiger partial charge in [0.05, 0.1) is 24.8 Å². The number of piperidine rings is 2. The summed E-state index contributed by atoms with van der Waals surface area (Å²) in [6.07, 6.45) is 4.57. The molecule has 2 saturated heterocycles. The number of carbonyl (C=O) groups is 1. The molecule has 2 fully saturated rings. The second-order valence-electron chi connectivity index (χ2n) is 10.7. The van der Waals surface area contributed by atoms with Gasteiger partial charge in [0.1, 0.15) is 0 Å². The summed E-state index contributed by atoms with van der Waals surface area (Å²) in [7, 11) is 0. The molecule has 3 aromatic rings. The van der Waals surface area contributed by atoms with E-state index in [9.17, 15) is 9.90 Å². The van der Waals surface area contributed by atoms with Crippen LogP contribution in [0.25, 0.3) is 0 Å². The third kappa shape index (κ3) is 6.01. The number of rotatable bonds is 8. The van der Waals surface area contributed by atoms with E-state index in [-0.39, 0.29) is 5.97 Å². The summed E-state index contributed by atoms with van der Waals surface area (Å²) in [6, 6.07) is 32.3. The number of allylic oxidation sites excluding steroid dienone is 1. The molecule has 0 aliphatic carbocycles. The van der Waals surface area contributed by atoms with Gasteiger partial charge in [0.15, 0.2) is 0 Å². The van der Waals surface area contributed by atoms with Crippen LogP contribution in [0.15, 0.2) is 103 Å². The predicted octanol–water partition coefficient (Wildman–Crippen LogP) is 5.25. The summed E-state index contributed by atoms with van der Waals surface area (Å²) in [5, 5.41) is 11.2. The van der Waals surface area contributed by atoms with Crippen LogP contribution in [-0.4, -0.2) is 66.3 Å². The highest BCUT2D eigenvalue weighted by Gasteiger charge is 2.44. The van der Waals surface area contributed by atoms with Crippen molar-refractivity contribution in [3.63, 3.8) is 0 Å². The fraction of sp³-hybridized carbons (Fsp3) is 0.382. The van der Waals surface area contributed by atoms with Gasteiger partial charge in [0.25, 0.3) is 0 Å². The molecule has 5 nitrogen and oxygen atoms in total. The quantitative estimate of drug-likeness (QED) is 0.248. The molecule has 0 radical (unpaired) electrons. The van der Waals surface area contributed by atoms with Crippen molar-refractivity contribution in [3.8, 4) is 0 Å². The van der Waals surface area contributed by atoms with Gasteiger partial charge in [-0.3, -0.25) is 14.6 Å². The zero-order chi connectivity index (χ0) is 27.1. The molecule has 2 heterocycles. The third-order valence-electron chi connectivity index (χ3n) is 8.26. The lowest BCUT2D eigenvalue weighted by Gasteiger charge is -2.48. The Labute approximate surface area is 232 Å². The number of nitrogens with zero attached hydrogens (tertiary/aromatic N) is 2. The number of likely N-dealkylation sites (tertiary alicyclic amines) is 2. The molecule has 1 atom stereocenters. The van der Waals surface area contributed by atoms with E-state index >= 15 is 0 Å². The largest absolute Gasteiger partial charge is 0.465 e. The van der Waals surface area contributed by atoms with Gasteiger partial charge < -0.3 is 9.84 Å². The maximum absolute atomic E-state index is 11.9. The van der Waals surface area contributed by atoms with Crippen LogP contribution in [0.3, 0.4) is 0 Å². The lowest BCUT2D eigenvalue weighted by atomic mass is 9.74. The van der Waals surface area contributed by atoms with Crippen LogP contribution in [0.5, 0.6) is 0 Å². The van der Waals surface area contributed by atoms with Crippen LogP contribution in [0, 0.1) is 5.92 Å². The molecular weight excluding hydrogens is 484 g/mol. The summed E-state index contributed by atoms with van der Waals surface area (Å²) < 4.78 is 5.13. The molecule has 0 bridgehead atoms. The molecule has 5 rings (SSSR count). The molecule has 1 unspecified atom stereocenters. The van der Waals surface area contributed by atoms with Gasteiger partial charge in [-0.15, -0.1) is 0 Å². The average molecular weight is 525 g/mol. The zero-order valence-corrected chi connectivity index (χ0v) is 22.9. The minimum absolute atomic E-state index is 0.147. The van der Waals surface area contributed by atoms with E-state index in [0.717, 1.165) is 38.0 Å². The SMILES string of the molecule is CCOC(=O)CN1CCC(/C=C2\CN(C(c3ccccc3)(c3ccccc3)c3ccccc3)CCC2O)CC1. The fourth-order valence-electron chi connectivity index (χ4n) is 6.37. The molecule has 5 heteroatoms. The fourth-order valence-corrected chi connectivity index (χ4v) is 6.37. The van der Waals surface area contributed by atoms with Gasteiger partial charge in [-0.25, -0.2) is 0 Å². The van der Waals surface area contributed by atoms with Crippen molar-refractivity contribution in [2.24, 2.45) is 5.92 Å². The Morgan fingerprint density at radius 3 is 1.85 bits per heavy atom. The molecule has 1 N–H and O–H groups in total. The van der Waals surface area contributed by atoms with E-state index < -0.39 is 11.6 Å². The molecule has 0 spiro atoms. The molecular formula is C34H40N2O3. The number of aliphatic hydroxyl groups excluding tert-OH is 1. The minimum Gasteiger partial charge on any atom is -0.465 e. The lowest BCUT2D eigenvalue weighted by Crippen LogP contribution is -2.53. The summed E-state index contributed by atoms with van der Waals surface area (Å²) >= 11 is 0. The summed E-state index contributed by atoms with van der Waals surface area (Å²) in [6.45, 7) is 5.85. The Hall–Kier alpha value is -3.25. The second-order valence-corrected chi connectivity index (χ2v) is 10.7. The zero-order valence-electron chi connectivity index (χ0n) is 22.9. The van der Waals surface area contributed by atoms with Crippen molar-refractivity contribution >= 4 is 5.97 Å². The van der Waals surface area contributed by atoms with Crippen LogP contribution in [0.1, 0.15) is 42.9 Å². The lowest BCUT2D eigenvalue weighted by molar-refractivity contribution is -0.144. The first kappa shape index (κ1) is 27.3. The molecule has 39 heavy (non-hydrogen) atoms. The van der Waals surface area contributed by atoms with E-state index in [1.807, 2.05) is 6.92 Å². The first-order valence-electron chi connectivity index (χ1n) is 14.3. The third-order valence-corrected chi connectivity index (χ3v) is 8.26. The maximum Gasteiger partial charge on any atom is 0.320 e. The van der Waals surface area contributed by atoms with Gasteiger partial charge in [-0.05, 0) is 67.5 Å². The molecule has 3 aromatic carbocycles. The number of hydrogen-bond donors (Lipinski definition) is 1. The Morgan fingerprint density at radius 1 is 0.846 bits per heavy atom. The maximum atomic E-state index is 11.9. The second kappa shape index (κ2) is 12.7. The van der Waals surface area contributed by atoms with Crippen molar-refractivity contribution in [2.75, 3.05) is 39.3 Å².